The van der Waals surface area contributed by atoms with Crippen molar-refractivity contribution >= 4 is 45.1 Å². The van der Waals surface area contributed by atoms with E-state index in [0.29, 0.717) is 34.4 Å². The first-order valence-electron chi connectivity index (χ1n) is 12.9. The number of sulfonamides is 1. The van der Waals surface area contributed by atoms with Gasteiger partial charge >= 0.3 is 5.97 Å². The Bertz CT molecular complexity index is 1310. The van der Waals surface area contributed by atoms with Gasteiger partial charge in [-0.15, -0.1) is 0 Å². The second-order valence-corrected chi connectivity index (χ2v) is 13.0. The fourth-order valence-electron chi connectivity index (χ4n) is 5.43. The monoisotopic (exact) mass is 596 g/mol. The van der Waals surface area contributed by atoms with Crippen LogP contribution in [0.15, 0.2) is 48.5 Å². The van der Waals surface area contributed by atoms with Crippen LogP contribution in [0.3, 0.4) is 0 Å². The number of rotatable bonds is 9. The first-order valence-corrected chi connectivity index (χ1v) is 15.3. The number of halogens is 2. The number of amides is 1. The predicted octanol–water partition coefficient (Wildman–Crippen LogP) is 3.92. The van der Waals surface area contributed by atoms with Gasteiger partial charge in [-0.2, -0.15) is 4.31 Å². The minimum absolute atomic E-state index is 0.0387. The molecule has 0 aromatic heterocycles. The molecule has 0 bridgehead atoms. The number of carboxylic acid groups (broad SMARTS) is 1. The van der Waals surface area contributed by atoms with Crippen molar-refractivity contribution in [3.63, 3.8) is 0 Å². The predicted molar refractivity (Wildman–Crippen MR) is 145 cm³/mol. The number of nitrogens with zero attached hydrogens (tertiary/aromatic N) is 2. The number of hydrogen-bond donors (Lipinski definition) is 1. The number of morpholine rings is 2. The van der Waals surface area contributed by atoms with Crippen molar-refractivity contribution in [2.45, 2.75) is 43.6 Å². The number of carbonyl (C=O) groups excluding carboxylic acids is 1. The number of hydrogen-bond acceptors (Lipinski definition) is 6. The molecule has 9 nitrogen and oxygen atoms in total. The molecule has 2 aliphatic heterocycles. The van der Waals surface area contributed by atoms with Crippen LogP contribution in [0.25, 0.3) is 0 Å². The molecule has 39 heavy (non-hydrogen) atoms. The van der Waals surface area contributed by atoms with E-state index in [1.165, 1.54) is 4.31 Å². The Hall–Kier alpha value is -2.21. The van der Waals surface area contributed by atoms with E-state index in [-0.39, 0.29) is 24.8 Å². The minimum Gasteiger partial charge on any atom is -0.481 e. The van der Waals surface area contributed by atoms with E-state index in [9.17, 15) is 23.1 Å². The molecule has 0 spiro atoms. The van der Waals surface area contributed by atoms with Gasteiger partial charge in [-0.3, -0.25) is 9.59 Å². The number of ether oxygens (including phenoxy) is 2. The lowest BCUT2D eigenvalue weighted by atomic mass is 9.89. The molecule has 1 aliphatic carbocycles. The molecule has 2 aromatic carbocycles. The Balaban J connectivity index is 1.61. The van der Waals surface area contributed by atoms with E-state index < -0.39 is 52.6 Å². The molecule has 12 heteroatoms. The van der Waals surface area contributed by atoms with E-state index in [4.69, 9.17) is 32.7 Å². The third kappa shape index (κ3) is 6.42. The minimum atomic E-state index is -3.74. The van der Waals surface area contributed by atoms with Gasteiger partial charge in [0.15, 0.2) is 0 Å². The average Bonchev–Trinajstić information content (AvgIpc) is 3.75. The molecule has 3 fully saturated rings. The summed E-state index contributed by atoms with van der Waals surface area (Å²) in [6.07, 6.45) is -1.09. The van der Waals surface area contributed by atoms with E-state index >= 15 is 0 Å². The number of carbonyl (C=O) groups is 2. The smallest absolute Gasteiger partial charge is 0.306 e. The van der Waals surface area contributed by atoms with Crippen molar-refractivity contribution in [3.8, 4) is 0 Å². The Morgan fingerprint density at radius 2 is 1.72 bits per heavy atom. The van der Waals surface area contributed by atoms with Crippen LogP contribution < -0.4 is 0 Å². The zero-order valence-corrected chi connectivity index (χ0v) is 23.4. The Morgan fingerprint density at radius 3 is 2.33 bits per heavy atom. The second kappa shape index (κ2) is 11.7. The van der Waals surface area contributed by atoms with E-state index in [0.717, 1.165) is 12.8 Å². The summed E-state index contributed by atoms with van der Waals surface area (Å²) >= 11 is 12.5. The van der Waals surface area contributed by atoms with Crippen LogP contribution in [-0.4, -0.2) is 78.8 Å². The van der Waals surface area contributed by atoms with Crippen molar-refractivity contribution in [1.29, 1.82) is 0 Å². The summed E-state index contributed by atoms with van der Waals surface area (Å²) in [6.45, 7) is 1.14. The average molecular weight is 598 g/mol. The maximum absolute atomic E-state index is 14.0. The fourth-order valence-corrected chi connectivity index (χ4v) is 7.54. The summed E-state index contributed by atoms with van der Waals surface area (Å²) < 4.78 is 40.2. The van der Waals surface area contributed by atoms with Gasteiger partial charge in [0.05, 0.1) is 37.5 Å². The van der Waals surface area contributed by atoms with Crippen LogP contribution in [0.4, 0.5) is 0 Å². The van der Waals surface area contributed by atoms with Crippen LogP contribution in [-0.2, 0) is 29.1 Å². The van der Waals surface area contributed by atoms with Gasteiger partial charge in [0, 0.05) is 23.1 Å². The molecule has 4 atom stereocenters. The molecule has 1 N–H and O–H groups in total. The molecular formula is C27H30Cl2N2O7S. The van der Waals surface area contributed by atoms with Gasteiger partial charge in [0.1, 0.15) is 12.2 Å². The highest BCUT2D eigenvalue weighted by Crippen LogP contribution is 2.48. The fraction of sp³-hybridized carbons (Fsp3) is 0.481. The summed E-state index contributed by atoms with van der Waals surface area (Å²) in [7, 11) is -3.74. The van der Waals surface area contributed by atoms with Crippen LogP contribution in [0.1, 0.15) is 42.5 Å². The van der Waals surface area contributed by atoms with Crippen molar-refractivity contribution in [2.24, 2.45) is 5.92 Å². The van der Waals surface area contributed by atoms with Crippen molar-refractivity contribution in [2.75, 3.05) is 32.1 Å². The third-order valence-corrected chi connectivity index (χ3v) is 9.85. The Labute approximate surface area is 237 Å². The molecule has 210 valence electrons. The molecule has 3 aliphatic rings. The van der Waals surface area contributed by atoms with Crippen LogP contribution in [0.5, 0.6) is 0 Å². The van der Waals surface area contributed by atoms with Crippen molar-refractivity contribution in [1.82, 2.24) is 9.21 Å². The highest BCUT2D eigenvalue weighted by Gasteiger charge is 2.52. The van der Waals surface area contributed by atoms with Crippen molar-refractivity contribution < 1.29 is 32.6 Å². The largest absolute Gasteiger partial charge is 0.481 e. The Kier molecular flexibility index (Phi) is 8.51. The van der Waals surface area contributed by atoms with Gasteiger partial charge < -0.3 is 19.5 Å². The molecule has 2 aromatic rings. The van der Waals surface area contributed by atoms with Gasteiger partial charge in [-0.25, -0.2) is 8.42 Å². The van der Waals surface area contributed by atoms with E-state index in [1.807, 2.05) is 6.07 Å². The normalized spacial score (nSPS) is 25.4. The lowest BCUT2D eigenvalue weighted by Gasteiger charge is -2.48. The summed E-state index contributed by atoms with van der Waals surface area (Å²) in [6, 6.07) is 12.6. The number of aliphatic carboxylic acids is 1. The zero-order chi connectivity index (χ0) is 27.7. The molecule has 2 heterocycles. The van der Waals surface area contributed by atoms with Crippen LogP contribution >= 0.6 is 23.2 Å². The third-order valence-electron chi connectivity index (χ3n) is 7.44. The second-order valence-electron chi connectivity index (χ2n) is 10.1. The molecule has 1 amide bonds. The molecule has 5 rings (SSSR count). The topological polar surface area (TPSA) is 113 Å². The highest BCUT2D eigenvalue weighted by atomic mass is 35.5. The SMILES string of the molecule is O=C(O)C[C@@H]1O[C@H](c2cccc(Cl)c2)[C@@H](c2ccc(Cl)cc2)N([C@H](CS(=O)(=O)N2CCOCC2)C2CC2)C1=O. The zero-order valence-electron chi connectivity index (χ0n) is 21.1. The quantitative estimate of drug-likeness (QED) is 0.466. The molecule has 0 unspecified atom stereocenters. The maximum Gasteiger partial charge on any atom is 0.306 e. The summed E-state index contributed by atoms with van der Waals surface area (Å²) in [5.74, 6) is -2.03. The number of carboxylic acids is 1. The summed E-state index contributed by atoms with van der Waals surface area (Å²) in [5.41, 5.74) is 1.35. The lowest BCUT2D eigenvalue weighted by Crippen LogP contribution is -2.58. The Morgan fingerprint density at radius 1 is 1.03 bits per heavy atom. The van der Waals surface area contributed by atoms with Crippen LogP contribution in [0.2, 0.25) is 10.0 Å². The maximum atomic E-state index is 14.0. The van der Waals surface area contributed by atoms with Gasteiger partial charge in [0.2, 0.25) is 10.0 Å². The number of benzene rings is 2. The van der Waals surface area contributed by atoms with E-state index in [1.54, 1.807) is 47.4 Å². The van der Waals surface area contributed by atoms with Gasteiger partial charge in [-0.1, -0.05) is 47.5 Å². The molecular weight excluding hydrogens is 567 g/mol. The summed E-state index contributed by atoms with van der Waals surface area (Å²) in [4.78, 5) is 27.4. The molecule has 0 radical (unpaired) electrons. The molecule has 2 saturated heterocycles. The standard InChI is InChI=1S/C27H30Cl2N2O7S/c28-20-8-6-18(7-9-20)25-26(19-2-1-3-21(29)14-19)38-23(15-24(32)33)27(34)31(25)22(17-4-5-17)16-39(35,36)30-10-12-37-13-11-30/h1-3,6-9,14,17,22-23,25-26H,4-5,10-13,15-16H2,(H,32,33)/t22-,23+,25-,26-/m1/s1. The lowest BCUT2D eigenvalue weighted by molar-refractivity contribution is -0.183. The van der Waals surface area contributed by atoms with Gasteiger partial charge in [-0.05, 0) is 54.2 Å². The first kappa shape index (κ1) is 28.3. The first-order chi connectivity index (χ1) is 18.6. The van der Waals surface area contributed by atoms with Crippen LogP contribution in [0, 0.1) is 5.92 Å². The van der Waals surface area contributed by atoms with E-state index in [2.05, 4.69) is 0 Å². The highest BCUT2D eigenvalue weighted by molar-refractivity contribution is 7.89. The van der Waals surface area contributed by atoms with Gasteiger partial charge in [0.25, 0.3) is 5.91 Å². The summed E-state index contributed by atoms with van der Waals surface area (Å²) in [5, 5.41) is 10.6. The molecule has 1 saturated carbocycles. The van der Waals surface area contributed by atoms with Crippen molar-refractivity contribution in [3.05, 3.63) is 69.7 Å².